The highest BCUT2D eigenvalue weighted by Crippen LogP contribution is 2.18. The summed E-state index contributed by atoms with van der Waals surface area (Å²) in [5.41, 5.74) is 2.17. The van der Waals surface area contributed by atoms with Crippen LogP contribution in [0.5, 0.6) is 0 Å². The van der Waals surface area contributed by atoms with Gasteiger partial charge in [0, 0.05) is 15.0 Å². The normalized spacial score (nSPS) is 10.8. The van der Waals surface area contributed by atoms with Crippen LogP contribution in [-0.4, -0.2) is 24.4 Å². The number of anilines is 1. The van der Waals surface area contributed by atoms with Gasteiger partial charge in [0.1, 0.15) is 0 Å². The first-order valence-electron chi connectivity index (χ1n) is 6.32. The second kappa shape index (κ2) is 7.19. The van der Waals surface area contributed by atoms with Crippen molar-refractivity contribution < 1.29 is 4.79 Å². The molecule has 1 aromatic carbocycles. The molecule has 0 spiro atoms. The first kappa shape index (κ1) is 15.5. The number of thiophene rings is 1. The summed E-state index contributed by atoms with van der Waals surface area (Å²) in [4.78, 5) is 15.4. The van der Waals surface area contributed by atoms with E-state index in [9.17, 15) is 4.79 Å². The fourth-order valence-corrected chi connectivity index (χ4v) is 3.37. The fourth-order valence-electron chi connectivity index (χ4n) is 1.86. The van der Waals surface area contributed by atoms with Crippen molar-refractivity contribution in [2.45, 2.75) is 13.5 Å². The molecule has 0 aliphatic rings. The average molecular weight is 400 g/mol. The predicted octanol–water partition coefficient (Wildman–Crippen LogP) is 3.73. The number of nitrogens with zero attached hydrogens (tertiary/aromatic N) is 1. The van der Waals surface area contributed by atoms with Crippen LogP contribution >= 0.6 is 33.9 Å². The van der Waals surface area contributed by atoms with E-state index in [0.717, 1.165) is 15.8 Å². The van der Waals surface area contributed by atoms with Crippen molar-refractivity contribution in [2.24, 2.45) is 0 Å². The van der Waals surface area contributed by atoms with Gasteiger partial charge in [-0.05, 0) is 65.7 Å². The van der Waals surface area contributed by atoms with Gasteiger partial charge in [0.15, 0.2) is 0 Å². The fraction of sp³-hybridized carbons (Fsp3) is 0.267. The van der Waals surface area contributed by atoms with E-state index in [1.54, 1.807) is 11.3 Å². The Labute approximate surface area is 137 Å². The summed E-state index contributed by atoms with van der Waals surface area (Å²) in [5, 5.41) is 5.04. The highest BCUT2D eigenvalue weighted by molar-refractivity contribution is 14.1. The molecule has 1 heterocycles. The maximum absolute atomic E-state index is 12.0. The molecule has 2 aromatic rings. The number of benzene rings is 1. The Kier molecular flexibility index (Phi) is 5.56. The van der Waals surface area contributed by atoms with Crippen LogP contribution in [0.3, 0.4) is 0 Å². The van der Waals surface area contributed by atoms with E-state index in [1.165, 1.54) is 10.4 Å². The van der Waals surface area contributed by atoms with Crippen LogP contribution in [0.1, 0.15) is 10.4 Å². The van der Waals surface area contributed by atoms with Gasteiger partial charge in [-0.3, -0.25) is 9.69 Å². The van der Waals surface area contributed by atoms with Crippen molar-refractivity contribution in [1.29, 1.82) is 0 Å². The molecule has 20 heavy (non-hydrogen) atoms. The second-order valence-electron chi connectivity index (χ2n) is 4.73. The summed E-state index contributed by atoms with van der Waals surface area (Å²) in [6.45, 7) is 3.30. The summed E-state index contributed by atoms with van der Waals surface area (Å²) in [5.74, 6) is 0.0193. The van der Waals surface area contributed by atoms with E-state index in [1.807, 2.05) is 36.2 Å². The number of halogens is 1. The monoisotopic (exact) mass is 400 g/mol. The smallest absolute Gasteiger partial charge is 0.238 e. The van der Waals surface area contributed by atoms with E-state index in [0.29, 0.717) is 6.54 Å². The van der Waals surface area contributed by atoms with E-state index < -0.39 is 0 Å². The number of para-hydroxylation sites is 1. The van der Waals surface area contributed by atoms with Gasteiger partial charge >= 0.3 is 0 Å². The summed E-state index contributed by atoms with van der Waals surface area (Å²) < 4.78 is 1.05. The maximum Gasteiger partial charge on any atom is 0.238 e. The topological polar surface area (TPSA) is 32.3 Å². The van der Waals surface area contributed by atoms with E-state index >= 15 is 0 Å². The molecule has 0 saturated heterocycles. The quantitative estimate of drug-likeness (QED) is 0.776. The Bertz CT molecular complexity index is 597. The molecule has 0 bridgehead atoms. The van der Waals surface area contributed by atoms with Crippen molar-refractivity contribution in [3.8, 4) is 0 Å². The van der Waals surface area contributed by atoms with Gasteiger partial charge < -0.3 is 5.32 Å². The number of carbonyl (C=O) groups is 1. The van der Waals surface area contributed by atoms with Gasteiger partial charge in [-0.25, -0.2) is 0 Å². The Hall–Kier alpha value is -0.920. The molecule has 0 atom stereocenters. The lowest BCUT2D eigenvalue weighted by Crippen LogP contribution is -2.30. The number of hydrogen-bond donors (Lipinski definition) is 1. The molecule has 1 N–H and O–H groups in total. The minimum Gasteiger partial charge on any atom is -0.324 e. The molecule has 1 aromatic heterocycles. The molecule has 2 rings (SSSR count). The Morgan fingerprint density at radius 2 is 2.10 bits per heavy atom. The minimum atomic E-state index is 0.0193. The lowest BCUT2D eigenvalue weighted by molar-refractivity contribution is -0.117. The molecule has 1 amide bonds. The third kappa shape index (κ3) is 4.29. The zero-order chi connectivity index (χ0) is 14.5. The Morgan fingerprint density at radius 1 is 1.35 bits per heavy atom. The molecular formula is C15H17IN2OS. The number of amides is 1. The van der Waals surface area contributed by atoms with Crippen LogP contribution in [-0.2, 0) is 11.3 Å². The van der Waals surface area contributed by atoms with Gasteiger partial charge in [0.2, 0.25) is 5.91 Å². The largest absolute Gasteiger partial charge is 0.324 e. The molecule has 5 heteroatoms. The first-order chi connectivity index (χ1) is 9.56. The van der Waals surface area contributed by atoms with Gasteiger partial charge in [-0.2, -0.15) is 0 Å². The highest BCUT2D eigenvalue weighted by atomic mass is 127. The molecule has 0 saturated carbocycles. The minimum absolute atomic E-state index is 0.0193. The molecule has 0 fully saturated rings. The molecule has 0 radical (unpaired) electrons. The standard InChI is InChI=1S/C15H17IN2OS/c1-11-7-8-20-14(11)9-18(2)10-15(19)17-13-6-4-3-5-12(13)16/h3-8H,9-10H2,1-2H3,(H,17,19). The van der Waals surface area contributed by atoms with Crippen molar-refractivity contribution in [1.82, 2.24) is 4.90 Å². The lowest BCUT2D eigenvalue weighted by Gasteiger charge is -2.16. The van der Waals surface area contributed by atoms with Gasteiger partial charge in [0.05, 0.1) is 12.2 Å². The third-order valence-electron chi connectivity index (χ3n) is 2.94. The Morgan fingerprint density at radius 3 is 2.75 bits per heavy atom. The molecule has 3 nitrogen and oxygen atoms in total. The summed E-state index contributed by atoms with van der Waals surface area (Å²) in [7, 11) is 1.97. The molecular weight excluding hydrogens is 383 g/mol. The maximum atomic E-state index is 12.0. The number of aryl methyl sites for hydroxylation is 1. The summed E-state index contributed by atoms with van der Waals surface area (Å²) >= 11 is 3.96. The van der Waals surface area contributed by atoms with Gasteiger partial charge in [-0.15, -0.1) is 11.3 Å². The van der Waals surface area contributed by atoms with E-state index in [-0.39, 0.29) is 5.91 Å². The first-order valence-corrected chi connectivity index (χ1v) is 8.28. The number of nitrogens with one attached hydrogen (secondary N) is 1. The molecule has 0 aliphatic carbocycles. The number of rotatable bonds is 5. The van der Waals surface area contributed by atoms with Crippen molar-refractivity contribution in [3.05, 3.63) is 49.7 Å². The number of hydrogen-bond acceptors (Lipinski definition) is 3. The van der Waals surface area contributed by atoms with Crippen LogP contribution in [0.4, 0.5) is 5.69 Å². The van der Waals surface area contributed by atoms with Gasteiger partial charge in [-0.1, -0.05) is 12.1 Å². The van der Waals surface area contributed by atoms with Crippen LogP contribution in [0.15, 0.2) is 35.7 Å². The van der Waals surface area contributed by atoms with Gasteiger partial charge in [0.25, 0.3) is 0 Å². The number of carbonyl (C=O) groups excluding carboxylic acids is 1. The zero-order valence-corrected chi connectivity index (χ0v) is 14.5. The second-order valence-corrected chi connectivity index (χ2v) is 6.89. The highest BCUT2D eigenvalue weighted by Gasteiger charge is 2.10. The predicted molar refractivity (Wildman–Crippen MR) is 93.2 cm³/mol. The molecule has 0 unspecified atom stereocenters. The van der Waals surface area contributed by atoms with Crippen molar-refractivity contribution in [2.75, 3.05) is 18.9 Å². The molecule has 0 aliphatic heterocycles. The lowest BCUT2D eigenvalue weighted by atomic mass is 10.3. The number of likely N-dealkylation sites (N-methyl/N-ethyl adjacent to an activating group) is 1. The average Bonchev–Trinajstić information content (AvgIpc) is 2.77. The SMILES string of the molecule is Cc1ccsc1CN(C)CC(=O)Nc1ccccc1I. The van der Waals surface area contributed by atoms with Crippen molar-refractivity contribution in [3.63, 3.8) is 0 Å². The van der Waals surface area contributed by atoms with Crippen molar-refractivity contribution >= 4 is 45.5 Å². The van der Waals surface area contributed by atoms with Crippen LogP contribution < -0.4 is 5.32 Å². The summed E-state index contributed by atoms with van der Waals surface area (Å²) in [6, 6.07) is 9.90. The van der Waals surface area contributed by atoms with Crippen LogP contribution in [0.25, 0.3) is 0 Å². The van der Waals surface area contributed by atoms with E-state index in [2.05, 4.69) is 46.3 Å². The Balaban J connectivity index is 1.88. The molecule has 106 valence electrons. The van der Waals surface area contributed by atoms with E-state index in [4.69, 9.17) is 0 Å². The third-order valence-corrected chi connectivity index (χ3v) is 4.89. The summed E-state index contributed by atoms with van der Waals surface area (Å²) in [6.07, 6.45) is 0. The zero-order valence-electron chi connectivity index (χ0n) is 11.5. The van der Waals surface area contributed by atoms with Crippen LogP contribution in [0.2, 0.25) is 0 Å². The van der Waals surface area contributed by atoms with Crippen LogP contribution in [0, 0.1) is 10.5 Å².